The molecular formula is C14H11BrN4O2. The quantitative estimate of drug-likeness (QED) is 0.764. The number of hydrogen-bond donors (Lipinski definition) is 1. The van der Waals surface area contributed by atoms with Crippen LogP contribution in [0.5, 0.6) is 0 Å². The van der Waals surface area contributed by atoms with E-state index >= 15 is 0 Å². The van der Waals surface area contributed by atoms with Gasteiger partial charge in [-0.3, -0.25) is 14.2 Å². The zero-order valence-corrected chi connectivity index (χ0v) is 12.7. The summed E-state index contributed by atoms with van der Waals surface area (Å²) in [4.78, 5) is 35.3. The number of para-hydroxylation sites is 1. The molecule has 2 heterocycles. The van der Waals surface area contributed by atoms with Crippen molar-refractivity contribution in [3.63, 3.8) is 0 Å². The van der Waals surface area contributed by atoms with Gasteiger partial charge in [-0.2, -0.15) is 0 Å². The Hall–Kier alpha value is -2.28. The molecule has 0 unspecified atom stereocenters. The van der Waals surface area contributed by atoms with E-state index in [4.69, 9.17) is 0 Å². The van der Waals surface area contributed by atoms with E-state index in [2.05, 4.69) is 30.9 Å². The van der Waals surface area contributed by atoms with Crippen LogP contribution < -0.4 is 11.1 Å². The van der Waals surface area contributed by atoms with Gasteiger partial charge in [0.25, 0.3) is 11.1 Å². The molecule has 3 rings (SSSR count). The summed E-state index contributed by atoms with van der Waals surface area (Å²) in [5, 5.41) is 0.525. The second-order valence-corrected chi connectivity index (χ2v) is 5.40. The second-order valence-electron chi connectivity index (χ2n) is 4.61. The van der Waals surface area contributed by atoms with Gasteiger partial charge in [-0.25, -0.2) is 9.97 Å². The Labute approximate surface area is 127 Å². The summed E-state index contributed by atoms with van der Waals surface area (Å²) in [7, 11) is 0. The smallest absolute Gasteiger partial charge is 0.268 e. The molecule has 0 radical (unpaired) electrons. The Morgan fingerprint density at radius 2 is 2.05 bits per heavy atom. The van der Waals surface area contributed by atoms with Crippen LogP contribution in [0.3, 0.4) is 0 Å². The van der Waals surface area contributed by atoms with Gasteiger partial charge in [0.1, 0.15) is 10.3 Å². The van der Waals surface area contributed by atoms with Crippen LogP contribution in [-0.2, 0) is 6.54 Å². The van der Waals surface area contributed by atoms with Crippen LogP contribution in [0, 0.1) is 6.92 Å². The molecule has 0 saturated carbocycles. The van der Waals surface area contributed by atoms with Crippen molar-refractivity contribution < 1.29 is 0 Å². The van der Waals surface area contributed by atoms with E-state index in [-0.39, 0.29) is 17.7 Å². The van der Waals surface area contributed by atoms with Crippen molar-refractivity contribution in [3.05, 3.63) is 67.3 Å². The Kier molecular flexibility index (Phi) is 3.42. The van der Waals surface area contributed by atoms with Crippen molar-refractivity contribution in [1.82, 2.24) is 19.5 Å². The van der Waals surface area contributed by atoms with Gasteiger partial charge < -0.3 is 4.98 Å². The number of rotatable bonds is 2. The number of aryl methyl sites for hydroxylation is 1. The molecule has 0 aliphatic carbocycles. The average molecular weight is 347 g/mol. The van der Waals surface area contributed by atoms with Gasteiger partial charge >= 0.3 is 0 Å². The molecule has 0 amide bonds. The van der Waals surface area contributed by atoms with E-state index < -0.39 is 0 Å². The largest absolute Gasteiger partial charge is 0.308 e. The third kappa shape index (κ3) is 2.52. The number of aromatic nitrogens is 4. The third-order valence-corrected chi connectivity index (χ3v) is 4.05. The molecule has 21 heavy (non-hydrogen) atoms. The highest BCUT2D eigenvalue weighted by atomic mass is 79.9. The fourth-order valence-corrected chi connectivity index (χ4v) is 2.36. The van der Waals surface area contributed by atoms with Gasteiger partial charge in [-0.1, -0.05) is 12.1 Å². The number of halogens is 1. The number of nitrogens with one attached hydrogen (secondary N) is 1. The van der Waals surface area contributed by atoms with Crippen molar-refractivity contribution >= 4 is 26.8 Å². The molecule has 0 aliphatic rings. The van der Waals surface area contributed by atoms with Gasteiger partial charge in [-0.05, 0) is 35.0 Å². The first-order valence-corrected chi connectivity index (χ1v) is 7.05. The van der Waals surface area contributed by atoms with Crippen molar-refractivity contribution in [2.24, 2.45) is 0 Å². The monoisotopic (exact) mass is 346 g/mol. The fourth-order valence-electron chi connectivity index (χ4n) is 2.03. The first kappa shape index (κ1) is 13.7. The highest BCUT2D eigenvalue weighted by molar-refractivity contribution is 9.10. The summed E-state index contributed by atoms with van der Waals surface area (Å²) in [5.74, 6) is 0.415. The summed E-state index contributed by atoms with van der Waals surface area (Å²) in [5.41, 5.74) is 0.792. The lowest BCUT2D eigenvalue weighted by Gasteiger charge is -2.07. The highest BCUT2D eigenvalue weighted by Gasteiger charge is 2.08. The maximum atomic E-state index is 12.1. The SMILES string of the molecule is Cc1ncn(Cc2nc3ccccc3c(=O)[nH]2)c(=O)c1Br. The maximum absolute atomic E-state index is 12.1. The molecule has 2 aromatic heterocycles. The van der Waals surface area contributed by atoms with Crippen molar-refractivity contribution in [2.75, 3.05) is 0 Å². The minimum Gasteiger partial charge on any atom is -0.308 e. The maximum Gasteiger partial charge on any atom is 0.268 e. The Bertz CT molecular complexity index is 946. The number of aromatic amines is 1. The van der Waals surface area contributed by atoms with Gasteiger partial charge in [0.15, 0.2) is 0 Å². The third-order valence-electron chi connectivity index (χ3n) is 3.14. The zero-order valence-electron chi connectivity index (χ0n) is 11.1. The lowest BCUT2D eigenvalue weighted by molar-refractivity contribution is 0.689. The van der Waals surface area contributed by atoms with Crippen LogP contribution in [0.15, 0.2) is 44.7 Å². The summed E-state index contributed by atoms with van der Waals surface area (Å²) >= 11 is 3.21. The van der Waals surface area contributed by atoms with E-state index in [9.17, 15) is 9.59 Å². The molecule has 1 N–H and O–H groups in total. The van der Waals surface area contributed by atoms with Gasteiger partial charge in [0, 0.05) is 0 Å². The Balaban J connectivity index is 2.09. The first-order valence-electron chi connectivity index (χ1n) is 6.26. The summed E-state index contributed by atoms with van der Waals surface area (Å²) in [6.45, 7) is 1.90. The number of benzene rings is 1. The number of H-pyrrole nitrogens is 1. The van der Waals surface area contributed by atoms with Crippen molar-refractivity contribution in [1.29, 1.82) is 0 Å². The lowest BCUT2D eigenvalue weighted by Crippen LogP contribution is -2.25. The highest BCUT2D eigenvalue weighted by Crippen LogP contribution is 2.08. The summed E-state index contributed by atoms with van der Waals surface area (Å²) < 4.78 is 1.80. The molecule has 1 aromatic carbocycles. The molecule has 0 spiro atoms. The topological polar surface area (TPSA) is 80.6 Å². The molecule has 0 saturated heterocycles. The van der Waals surface area contributed by atoms with E-state index in [1.807, 2.05) is 6.07 Å². The van der Waals surface area contributed by atoms with Crippen LogP contribution in [0.4, 0.5) is 0 Å². The van der Waals surface area contributed by atoms with Gasteiger partial charge in [0.2, 0.25) is 0 Å². The molecular weight excluding hydrogens is 336 g/mol. The zero-order chi connectivity index (χ0) is 15.0. The van der Waals surface area contributed by atoms with Crippen molar-refractivity contribution in [2.45, 2.75) is 13.5 Å². The van der Waals surface area contributed by atoms with Crippen molar-refractivity contribution in [3.8, 4) is 0 Å². The molecule has 0 aliphatic heterocycles. The van der Waals surface area contributed by atoms with E-state index in [1.54, 1.807) is 25.1 Å². The molecule has 0 bridgehead atoms. The molecule has 0 atom stereocenters. The predicted molar refractivity (Wildman–Crippen MR) is 82.4 cm³/mol. The number of hydrogen-bond acceptors (Lipinski definition) is 4. The normalized spacial score (nSPS) is 11.0. The van der Waals surface area contributed by atoms with E-state index in [0.29, 0.717) is 26.9 Å². The van der Waals surface area contributed by atoms with E-state index in [0.717, 1.165) is 0 Å². The molecule has 3 aromatic rings. The first-order chi connectivity index (χ1) is 10.1. The average Bonchev–Trinajstić information content (AvgIpc) is 2.48. The molecule has 0 fully saturated rings. The second kappa shape index (κ2) is 5.25. The Morgan fingerprint density at radius 1 is 1.29 bits per heavy atom. The summed E-state index contributed by atoms with van der Waals surface area (Å²) in [6, 6.07) is 7.07. The number of nitrogens with zero attached hydrogens (tertiary/aromatic N) is 3. The van der Waals surface area contributed by atoms with Crippen LogP contribution in [-0.4, -0.2) is 19.5 Å². The minimum atomic E-state index is -0.220. The van der Waals surface area contributed by atoms with Gasteiger partial charge in [0.05, 0.1) is 29.5 Å². The Morgan fingerprint density at radius 3 is 2.86 bits per heavy atom. The fraction of sp³-hybridized carbons (Fsp3) is 0.143. The lowest BCUT2D eigenvalue weighted by atomic mass is 10.2. The van der Waals surface area contributed by atoms with Gasteiger partial charge in [-0.15, -0.1) is 0 Å². The number of fused-ring (bicyclic) bond motifs is 1. The molecule has 106 valence electrons. The van der Waals surface area contributed by atoms with E-state index in [1.165, 1.54) is 10.9 Å². The van der Waals surface area contributed by atoms with Crippen LogP contribution in [0.2, 0.25) is 0 Å². The van der Waals surface area contributed by atoms with Crippen LogP contribution in [0.25, 0.3) is 10.9 Å². The molecule has 6 nitrogen and oxygen atoms in total. The minimum absolute atomic E-state index is 0.158. The standard InChI is InChI=1S/C14H11BrN4O2/c1-8-12(15)14(21)19(7-16-8)6-11-17-10-5-3-2-4-9(10)13(20)18-11/h2-5,7H,6H2,1H3,(H,17,18,20). The molecule has 7 heteroatoms. The summed E-state index contributed by atoms with van der Waals surface area (Å²) in [6.07, 6.45) is 1.44. The predicted octanol–water partition coefficient (Wildman–Crippen LogP) is 1.60. The van der Waals surface area contributed by atoms with Crippen LogP contribution >= 0.6 is 15.9 Å². The van der Waals surface area contributed by atoms with Crippen LogP contribution in [0.1, 0.15) is 11.5 Å².